The van der Waals surface area contributed by atoms with Gasteiger partial charge in [0.05, 0.1) is 11.4 Å². The number of piperidine rings is 1. The molecule has 5 N–H and O–H groups in total. The number of hydrogen-bond acceptors (Lipinski definition) is 5. The molecule has 0 atom stereocenters. The molecule has 0 unspecified atom stereocenters. The Hall–Kier alpha value is -2.58. The minimum Gasteiger partial charge on any atom is -0.399 e. The number of nitrogens with zero attached hydrogens (tertiary/aromatic N) is 1. The van der Waals surface area contributed by atoms with Gasteiger partial charge in [0.1, 0.15) is 0 Å². The Morgan fingerprint density at radius 1 is 1.13 bits per heavy atom. The lowest BCUT2D eigenvalue weighted by Gasteiger charge is -2.32. The van der Waals surface area contributed by atoms with Gasteiger partial charge in [-0.2, -0.15) is 0 Å². The van der Waals surface area contributed by atoms with Crippen molar-refractivity contribution in [1.29, 1.82) is 0 Å². The van der Waals surface area contributed by atoms with Crippen molar-refractivity contribution in [3.8, 4) is 0 Å². The number of likely N-dealkylation sites (tertiary alicyclic amines) is 1. The van der Waals surface area contributed by atoms with Gasteiger partial charge in [-0.05, 0) is 74.0 Å². The van der Waals surface area contributed by atoms with Gasteiger partial charge in [0.2, 0.25) is 10.0 Å². The summed E-state index contributed by atoms with van der Waals surface area (Å²) in [6.45, 7) is 3.45. The highest BCUT2D eigenvalue weighted by atomic mass is 32.2. The number of nitrogen functional groups attached to an aromatic ring is 1. The molecule has 2 aromatic carbocycles. The fourth-order valence-corrected chi connectivity index (χ4v) is 4.93. The van der Waals surface area contributed by atoms with E-state index in [4.69, 9.17) is 11.5 Å². The zero-order chi connectivity index (χ0) is 21.7. The molecule has 1 saturated heterocycles. The lowest BCUT2D eigenvalue weighted by molar-refractivity contribution is 0.0713. The van der Waals surface area contributed by atoms with Crippen LogP contribution >= 0.6 is 0 Å². The first kappa shape index (κ1) is 22.1. The van der Waals surface area contributed by atoms with Crippen LogP contribution in [0.2, 0.25) is 0 Å². The molecule has 7 nitrogen and oxygen atoms in total. The summed E-state index contributed by atoms with van der Waals surface area (Å²) in [6, 6.07) is 13.1. The summed E-state index contributed by atoms with van der Waals surface area (Å²) in [5.41, 5.74) is 14.9. The molecule has 1 heterocycles. The van der Waals surface area contributed by atoms with Gasteiger partial charge in [-0.15, -0.1) is 0 Å². The van der Waals surface area contributed by atoms with Crippen molar-refractivity contribution in [2.45, 2.75) is 32.1 Å². The number of anilines is 2. The van der Waals surface area contributed by atoms with Gasteiger partial charge in [-0.1, -0.05) is 18.2 Å². The first-order chi connectivity index (χ1) is 14.3. The second-order valence-electron chi connectivity index (χ2n) is 7.83. The fraction of sp³-hybridized carbons (Fsp3) is 0.409. The number of carbonyl (C=O) groups is 1. The van der Waals surface area contributed by atoms with Crippen LogP contribution in [-0.4, -0.2) is 44.6 Å². The maximum absolute atomic E-state index is 13.0. The predicted molar refractivity (Wildman–Crippen MR) is 121 cm³/mol. The van der Waals surface area contributed by atoms with Crippen LogP contribution in [0.4, 0.5) is 11.4 Å². The van der Waals surface area contributed by atoms with Gasteiger partial charge in [0.15, 0.2) is 0 Å². The van der Waals surface area contributed by atoms with Gasteiger partial charge >= 0.3 is 0 Å². The maximum Gasteiger partial charge on any atom is 0.253 e. The summed E-state index contributed by atoms with van der Waals surface area (Å²) in [7, 11) is -3.49. The first-order valence-electron chi connectivity index (χ1n) is 10.2. The molecule has 162 valence electrons. The van der Waals surface area contributed by atoms with Crippen molar-refractivity contribution < 1.29 is 13.2 Å². The fourth-order valence-electron chi connectivity index (χ4n) is 3.72. The van der Waals surface area contributed by atoms with Crippen molar-refractivity contribution in [3.05, 3.63) is 59.2 Å². The standard InChI is InChI=1S/C22H30N4O3S/c1-16-3-4-19(15-21(16)25-30(28,29)14-2-11-23)22(27)26-12-9-18(10-13-26)17-5-7-20(24)8-6-17/h3-8,15,18,25H,2,9-14,23-24H2,1H3. The quantitative estimate of drug-likeness (QED) is 0.584. The minimum atomic E-state index is -3.49. The molecule has 0 aliphatic carbocycles. The average molecular weight is 431 g/mol. The van der Waals surface area contributed by atoms with Crippen molar-refractivity contribution in [3.63, 3.8) is 0 Å². The van der Waals surface area contributed by atoms with Crippen molar-refractivity contribution in [2.75, 3.05) is 35.8 Å². The predicted octanol–water partition coefficient (Wildman–Crippen LogP) is 2.69. The summed E-state index contributed by atoms with van der Waals surface area (Å²) in [4.78, 5) is 14.8. The molecular formula is C22H30N4O3S. The lowest BCUT2D eigenvalue weighted by atomic mass is 9.89. The molecule has 30 heavy (non-hydrogen) atoms. The number of carbonyl (C=O) groups excluding carboxylic acids is 1. The number of rotatable bonds is 7. The first-order valence-corrected chi connectivity index (χ1v) is 11.9. The molecule has 0 spiro atoms. The monoisotopic (exact) mass is 430 g/mol. The van der Waals surface area contributed by atoms with Gasteiger partial charge in [-0.3, -0.25) is 9.52 Å². The Morgan fingerprint density at radius 2 is 1.80 bits per heavy atom. The van der Waals surface area contributed by atoms with Crippen LogP contribution in [0.3, 0.4) is 0 Å². The summed E-state index contributed by atoms with van der Waals surface area (Å²) >= 11 is 0. The molecule has 0 bridgehead atoms. The molecule has 0 aromatic heterocycles. The van der Waals surface area contributed by atoms with E-state index in [2.05, 4.69) is 16.9 Å². The molecule has 1 aliphatic rings. The zero-order valence-corrected chi connectivity index (χ0v) is 18.1. The van der Waals surface area contributed by atoms with E-state index >= 15 is 0 Å². The SMILES string of the molecule is Cc1ccc(C(=O)N2CCC(c3ccc(N)cc3)CC2)cc1NS(=O)(=O)CCCN. The lowest BCUT2D eigenvalue weighted by Crippen LogP contribution is -2.38. The number of benzene rings is 2. The molecule has 1 aliphatic heterocycles. The molecular weight excluding hydrogens is 400 g/mol. The van der Waals surface area contributed by atoms with Crippen molar-refractivity contribution >= 4 is 27.3 Å². The van der Waals surface area contributed by atoms with Crippen LogP contribution < -0.4 is 16.2 Å². The van der Waals surface area contributed by atoms with E-state index < -0.39 is 10.0 Å². The number of amides is 1. The van der Waals surface area contributed by atoms with Crippen LogP contribution in [0, 0.1) is 6.92 Å². The number of aryl methyl sites for hydroxylation is 1. The summed E-state index contributed by atoms with van der Waals surface area (Å²) < 4.78 is 27.0. The highest BCUT2D eigenvalue weighted by Gasteiger charge is 2.25. The number of nitrogens with one attached hydrogen (secondary N) is 1. The number of nitrogens with two attached hydrogens (primary N) is 2. The minimum absolute atomic E-state index is 0.0419. The molecule has 1 fully saturated rings. The molecule has 3 rings (SSSR count). The van der Waals surface area contributed by atoms with E-state index in [1.165, 1.54) is 5.56 Å². The van der Waals surface area contributed by atoms with Crippen LogP contribution in [0.15, 0.2) is 42.5 Å². The third-order valence-corrected chi connectivity index (χ3v) is 6.91. The third-order valence-electron chi connectivity index (χ3n) is 5.56. The van der Waals surface area contributed by atoms with Crippen LogP contribution in [0.25, 0.3) is 0 Å². The topological polar surface area (TPSA) is 119 Å². The van der Waals surface area contributed by atoms with E-state index in [1.807, 2.05) is 24.0 Å². The van der Waals surface area contributed by atoms with Crippen LogP contribution in [0.1, 0.15) is 46.7 Å². The van der Waals surface area contributed by atoms with Gasteiger partial charge in [-0.25, -0.2) is 8.42 Å². The summed E-state index contributed by atoms with van der Waals surface area (Å²) in [6.07, 6.45) is 2.16. The van der Waals surface area contributed by atoms with Gasteiger partial charge < -0.3 is 16.4 Å². The van der Waals surface area contributed by atoms with Crippen LogP contribution in [0.5, 0.6) is 0 Å². The smallest absolute Gasteiger partial charge is 0.253 e. The molecule has 0 saturated carbocycles. The zero-order valence-electron chi connectivity index (χ0n) is 17.3. The highest BCUT2D eigenvalue weighted by Crippen LogP contribution is 2.29. The van der Waals surface area contributed by atoms with Gasteiger partial charge in [0, 0.05) is 24.3 Å². The van der Waals surface area contributed by atoms with E-state index in [0.717, 1.165) is 24.1 Å². The second kappa shape index (κ2) is 9.49. The van der Waals surface area contributed by atoms with E-state index in [0.29, 0.717) is 43.2 Å². The molecule has 2 aromatic rings. The molecule has 1 amide bonds. The Kier molecular flexibility index (Phi) is 6.99. The third kappa shape index (κ3) is 5.52. The average Bonchev–Trinajstić information content (AvgIpc) is 2.74. The Morgan fingerprint density at radius 3 is 2.43 bits per heavy atom. The number of hydrogen-bond donors (Lipinski definition) is 3. The molecule has 8 heteroatoms. The summed E-state index contributed by atoms with van der Waals surface area (Å²) in [5, 5.41) is 0. The Bertz CT molecular complexity index is 982. The van der Waals surface area contributed by atoms with Crippen LogP contribution in [-0.2, 0) is 10.0 Å². The Labute approximate surface area is 178 Å². The van der Waals surface area contributed by atoms with E-state index in [1.54, 1.807) is 18.2 Å². The second-order valence-corrected chi connectivity index (χ2v) is 9.67. The van der Waals surface area contributed by atoms with E-state index in [-0.39, 0.29) is 11.7 Å². The van der Waals surface area contributed by atoms with Crippen molar-refractivity contribution in [1.82, 2.24) is 4.90 Å². The van der Waals surface area contributed by atoms with E-state index in [9.17, 15) is 13.2 Å². The highest BCUT2D eigenvalue weighted by molar-refractivity contribution is 7.92. The maximum atomic E-state index is 13.0. The normalized spacial score (nSPS) is 15.2. The summed E-state index contributed by atoms with van der Waals surface area (Å²) in [5.74, 6) is 0.297. The number of sulfonamides is 1. The largest absolute Gasteiger partial charge is 0.399 e. The Balaban J connectivity index is 1.66. The van der Waals surface area contributed by atoms with Gasteiger partial charge in [0.25, 0.3) is 5.91 Å². The molecule has 0 radical (unpaired) electrons. The van der Waals surface area contributed by atoms with Crippen molar-refractivity contribution in [2.24, 2.45) is 5.73 Å².